The summed E-state index contributed by atoms with van der Waals surface area (Å²) in [5.41, 5.74) is 1.51. The number of hydrogen-bond acceptors (Lipinski definition) is 6. The molecule has 1 aliphatic carbocycles. The standard InChI is InChI=1S/C19H24N2O4/c1-13(2)20-15-5-3-4-14-16(22)12-17(19(23)18(14)15)25-11-8-21-6-9-24-10-7-21/h3-5,12-13,20H,6-11H2,1-2H3. The number of rotatable bonds is 6. The van der Waals surface area contributed by atoms with Crippen molar-refractivity contribution >= 4 is 17.3 Å². The molecule has 1 heterocycles. The Labute approximate surface area is 147 Å². The highest BCUT2D eigenvalue weighted by atomic mass is 16.5. The molecular weight excluding hydrogens is 320 g/mol. The molecule has 1 aromatic carbocycles. The van der Waals surface area contributed by atoms with Gasteiger partial charge in [0.05, 0.1) is 18.8 Å². The molecule has 3 rings (SSSR count). The molecule has 0 spiro atoms. The minimum atomic E-state index is -0.236. The molecule has 0 atom stereocenters. The smallest absolute Gasteiger partial charge is 0.230 e. The van der Waals surface area contributed by atoms with E-state index >= 15 is 0 Å². The van der Waals surface area contributed by atoms with E-state index in [-0.39, 0.29) is 23.4 Å². The molecule has 0 bridgehead atoms. The number of ketones is 2. The van der Waals surface area contributed by atoms with Gasteiger partial charge in [0.2, 0.25) is 5.78 Å². The molecule has 0 radical (unpaired) electrons. The SMILES string of the molecule is CC(C)Nc1cccc2c1C(=O)C(OCCN1CCOCC1)=CC2=O. The fourth-order valence-corrected chi connectivity index (χ4v) is 3.04. The van der Waals surface area contributed by atoms with Gasteiger partial charge in [0.15, 0.2) is 11.5 Å². The van der Waals surface area contributed by atoms with E-state index < -0.39 is 0 Å². The first-order valence-electron chi connectivity index (χ1n) is 8.69. The Balaban J connectivity index is 1.71. The lowest BCUT2D eigenvalue weighted by Gasteiger charge is -2.27. The summed E-state index contributed by atoms with van der Waals surface area (Å²) < 4.78 is 11.0. The van der Waals surface area contributed by atoms with Gasteiger partial charge in [-0.2, -0.15) is 0 Å². The summed E-state index contributed by atoms with van der Waals surface area (Å²) in [6.07, 6.45) is 1.31. The van der Waals surface area contributed by atoms with E-state index in [0.717, 1.165) is 26.3 Å². The predicted octanol–water partition coefficient (Wildman–Crippen LogP) is 2.12. The molecule has 6 heteroatoms. The predicted molar refractivity (Wildman–Crippen MR) is 95.2 cm³/mol. The van der Waals surface area contributed by atoms with E-state index in [1.54, 1.807) is 12.1 Å². The van der Waals surface area contributed by atoms with Gasteiger partial charge in [0, 0.05) is 43.0 Å². The maximum absolute atomic E-state index is 12.8. The van der Waals surface area contributed by atoms with Crippen molar-refractivity contribution in [3.8, 4) is 0 Å². The van der Waals surface area contributed by atoms with Crippen LogP contribution in [0, 0.1) is 0 Å². The van der Waals surface area contributed by atoms with Gasteiger partial charge in [-0.05, 0) is 19.9 Å². The zero-order chi connectivity index (χ0) is 17.8. The van der Waals surface area contributed by atoms with E-state index in [9.17, 15) is 9.59 Å². The zero-order valence-electron chi connectivity index (χ0n) is 14.7. The number of carbonyl (C=O) groups excluding carboxylic acids is 2. The quantitative estimate of drug-likeness (QED) is 0.853. The summed E-state index contributed by atoms with van der Waals surface area (Å²) in [5.74, 6) is -0.299. The Hall–Kier alpha value is -2.18. The highest BCUT2D eigenvalue weighted by Crippen LogP contribution is 2.29. The van der Waals surface area contributed by atoms with Crippen LogP contribution in [0.2, 0.25) is 0 Å². The maximum Gasteiger partial charge on any atom is 0.230 e. The van der Waals surface area contributed by atoms with Gasteiger partial charge in [-0.15, -0.1) is 0 Å². The van der Waals surface area contributed by atoms with Crippen LogP contribution in [-0.4, -0.2) is 62.0 Å². The third kappa shape index (κ3) is 4.08. The number of fused-ring (bicyclic) bond motifs is 1. The van der Waals surface area contributed by atoms with Crippen LogP contribution in [0.5, 0.6) is 0 Å². The lowest BCUT2D eigenvalue weighted by atomic mass is 9.92. The molecular formula is C19H24N2O4. The zero-order valence-corrected chi connectivity index (χ0v) is 14.7. The molecule has 0 saturated carbocycles. The number of anilines is 1. The number of carbonyl (C=O) groups is 2. The van der Waals surface area contributed by atoms with Crippen molar-refractivity contribution in [2.75, 3.05) is 44.8 Å². The van der Waals surface area contributed by atoms with Gasteiger partial charge >= 0.3 is 0 Å². The molecule has 1 N–H and O–H groups in total. The van der Waals surface area contributed by atoms with Gasteiger partial charge in [-0.3, -0.25) is 14.5 Å². The molecule has 134 valence electrons. The maximum atomic E-state index is 12.8. The van der Waals surface area contributed by atoms with Crippen LogP contribution >= 0.6 is 0 Å². The molecule has 0 amide bonds. The van der Waals surface area contributed by atoms with Crippen molar-refractivity contribution in [3.63, 3.8) is 0 Å². The second-order valence-electron chi connectivity index (χ2n) is 6.53. The topological polar surface area (TPSA) is 67.9 Å². The van der Waals surface area contributed by atoms with Crippen molar-refractivity contribution in [2.45, 2.75) is 19.9 Å². The fourth-order valence-electron chi connectivity index (χ4n) is 3.04. The van der Waals surface area contributed by atoms with Gasteiger partial charge in [0.1, 0.15) is 6.61 Å². The number of allylic oxidation sites excluding steroid dienone is 2. The van der Waals surface area contributed by atoms with Gasteiger partial charge in [0.25, 0.3) is 0 Å². The largest absolute Gasteiger partial charge is 0.488 e. The summed E-state index contributed by atoms with van der Waals surface area (Å²) in [7, 11) is 0. The number of morpholine rings is 1. The second-order valence-corrected chi connectivity index (χ2v) is 6.53. The molecule has 25 heavy (non-hydrogen) atoms. The normalized spacial score (nSPS) is 18.1. The Bertz CT molecular complexity index is 691. The van der Waals surface area contributed by atoms with Crippen LogP contribution in [0.15, 0.2) is 30.0 Å². The Morgan fingerprint density at radius 1 is 1.24 bits per heavy atom. The van der Waals surface area contributed by atoms with Crippen LogP contribution in [0.1, 0.15) is 34.6 Å². The minimum absolute atomic E-state index is 0.128. The lowest BCUT2D eigenvalue weighted by Crippen LogP contribution is -2.38. The molecule has 1 fully saturated rings. The second kappa shape index (κ2) is 7.80. The highest BCUT2D eigenvalue weighted by Gasteiger charge is 2.29. The summed E-state index contributed by atoms with van der Waals surface area (Å²) in [5, 5.41) is 3.23. The van der Waals surface area contributed by atoms with Crippen molar-refractivity contribution in [1.82, 2.24) is 4.90 Å². The number of benzene rings is 1. The van der Waals surface area contributed by atoms with E-state index in [1.165, 1.54) is 6.08 Å². The minimum Gasteiger partial charge on any atom is -0.488 e. The molecule has 1 saturated heterocycles. The number of ether oxygens (including phenoxy) is 2. The van der Waals surface area contributed by atoms with Crippen LogP contribution in [0.4, 0.5) is 5.69 Å². The number of hydrogen-bond donors (Lipinski definition) is 1. The number of Topliss-reactive ketones (excluding diaryl/α,β-unsaturated/α-hetero) is 1. The van der Waals surface area contributed by atoms with Crippen molar-refractivity contribution < 1.29 is 19.1 Å². The van der Waals surface area contributed by atoms with Gasteiger partial charge in [-0.25, -0.2) is 0 Å². The Morgan fingerprint density at radius 3 is 2.72 bits per heavy atom. The van der Waals surface area contributed by atoms with Gasteiger partial charge < -0.3 is 14.8 Å². The molecule has 1 aromatic rings. The van der Waals surface area contributed by atoms with E-state index in [0.29, 0.717) is 30.0 Å². The number of nitrogens with one attached hydrogen (secondary N) is 1. The molecule has 0 unspecified atom stereocenters. The highest BCUT2D eigenvalue weighted by molar-refractivity contribution is 6.25. The van der Waals surface area contributed by atoms with E-state index in [1.807, 2.05) is 19.9 Å². The van der Waals surface area contributed by atoms with Crippen molar-refractivity contribution in [2.24, 2.45) is 0 Å². The van der Waals surface area contributed by atoms with Crippen LogP contribution in [0.3, 0.4) is 0 Å². The van der Waals surface area contributed by atoms with E-state index in [4.69, 9.17) is 9.47 Å². The number of nitrogens with zero attached hydrogens (tertiary/aromatic N) is 1. The summed E-state index contributed by atoms with van der Waals surface area (Å²) in [6, 6.07) is 5.45. The van der Waals surface area contributed by atoms with Crippen LogP contribution in [0.25, 0.3) is 0 Å². The molecule has 6 nitrogen and oxygen atoms in total. The average molecular weight is 344 g/mol. The Morgan fingerprint density at radius 2 is 2.00 bits per heavy atom. The van der Waals surface area contributed by atoms with Crippen LogP contribution < -0.4 is 5.32 Å². The van der Waals surface area contributed by atoms with Gasteiger partial charge in [-0.1, -0.05) is 12.1 Å². The van der Waals surface area contributed by atoms with Crippen molar-refractivity contribution in [1.29, 1.82) is 0 Å². The Kier molecular flexibility index (Phi) is 5.50. The fraction of sp³-hybridized carbons (Fsp3) is 0.474. The van der Waals surface area contributed by atoms with Crippen LogP contribution in [-0.2, 0) is 9.47 Å². The monoisotopic (exact) mass is 344 g/mol. The lowest BCUT2D eigenvalue weighted by molar-refractivity contribution is 0.0270. The average Bonchev–Trinajstić information content (AvgIpc) is 2.59. The summed E-state index contributed by atoms with van der Waals surface area (Å²) in [6.45, 7) is 8.23. The summed E-state index contributed by atoms with van der Waals surface area (Å²) >= 11 is 0. The first-order valence-corrected chi connectivity index (χ1v) is 8.69. The molecule has 2 aliphatic rings. The van der Waals surface area contributed by atoms with Crippen molar-refractivity contribution in [3.05, 3.63) is 41.2 Å². The van der Waals surface area contributed by atoms with E-state index in [2.05, 4.69) is 10.2 Å². The molecule has 1 aliphatic heterocycles. The summed E-state index contributed by atoms with van der Waals surface area (Å²) in [4.78, 5) is 27.4. The molecule has 0 aromatic heterocycles. The first kappa shape index (κ1) is 17.6. The first-order chi connectivity index (χ1) is 12.1. The third-order valence-electron chi connectivity index (χ3n) is 4.26. The third-order valence-corrected chi connectivity index (χ3v) is 4.26.